The van der Waals surface area contributed by atoms with Crippen molar-refractivity contribution in [3.63, 3.8) is 0 Å². The number of urea groups is 1. The van der Waals surface area contributed by atoms with E-state index in [0.29, 0.717) is 13.1 Å². The van der Waals surface area contributed by atoms with Gasteiger partial charge in [-0.2, -0.15) is 0 Å². The molecule has 0 aromatic heterocycles. The number of nitrogens with zero attached hydrogens (tertiary/aromatic N) is 2. The molecule has 1 heterocycles. The lowest BCUT2D eigenvalue weighted by Gasteiger charge is -2.34. The standard InChI is InChI=1S/C24H31N3O4/c1-26(2)24(29)27-15-5-6-19(16-27)23(28)25-22(17-7-11-20(30-3)12-8-17)18-9-13-21(31-4)14-10-18/h7-14,19,22H,5-6,15-16H2,1-4H3,(H,25,28)/t19-/m0/s1. The molecule has 3 amide bonds. The van der Waals surface area contributed by atoms with Crippen molar-refractivity contribution in [1.82, 2.24) is 15.1 Å². The molecule has 2 aromatic carbocycles. The topological polar surface area (TPSA) is 71.1 Å². The number of hydrogen-bond acceptors (Lipinski definition) is 4. The summed E-state index contributed by atoms with van der Waals surface area (Å²) >= 11 is 0. The van der Waals surface area contributed by atoms with Gasteiger partial charge in [0.05, 0.1) is 26.2 Å². The molecule has 1 fully saturated rings. The Labute approximate surface area is 183 Å². The number of carbonyl (C=O) groups is 2. The van der Waals surface area contributed by atoms with E-state index in [1.165, 1.54) is 0 Å². The number of nitrogens with one attached hydrogen (secondary N) is 1. The van der Waals surface area contributed by atoms with Crippen molar-refractivity contribution in [1.29, 1.82) is 0 Å². The summed E-state index contributed by atoms with van der Waals surface area (Å²) in [6.45, 7) is 1.11. The van der Waals surface area contributed by atoms with E-state index < -0.39 is 0 Å². The molecule has 0 radical (unpaired) electrons. The molecule has 0 aliphatic carbocycles. The van der Waals surface area contributed by atoms with Gasteiger partial charge in [-0.25, -0.2) is 4.79 Å². The zero-order chi connectivity index (χ0) is 22.4. The Morgan fingerprint density at radius 3 is 1.94 bits per heavy atom. The van der Waals surface area contributed by atoms with Gasteiger partial charge in [0.25, 0.3) is 0 Å². The number of rotatable bonds is 6. The number of piperidine rings is 1. The fourth-order valence-electron chi connectivity index (χ4n) is 3.86. The number of hydrogen-bond donors (Lipinski definition) is 1. The first-order valence-corrected chi connectivity index (χ1v) is 10.5. The maximum absolute atomic E-state index is 13.2. The van der Waals surface area contributed by atoms with Crippen LogP contribution in [-0.2, 0) is 4.79 Å². The normalized spacial score (nSPS) is 16.0. The van der Waals surface area contributed by atoms with E-state index >= 15 is 0 Å². The zero-order valence-corrected chi connectivity index (χ0v) is 18.6. The molecule has 1 saturated heterocycles. The number of carbonyl (C=O) groups excluding carboxylic acids is 2. The van der Waals surface area contributed by atoms with Gasteiger partial charge in [0.1, 0.15) is 11.5 Å². The van der Waals surface area contributed by atoms with Crippen LogP contribution in [-0.4, -0.2) is 63.1 Å². The Morgan fingerprint density at radius 1 is 0.968 bits per heavy atom. The van der Waals surface area contributed by atoms with Gasteiger partial charge in [0, 0.05) is 27.2 Å². The van der Waals surface area contributed by atoms with Gasteiger partial charge in [-0.1, -0.05) is 24.3 Å². The highest BCUT2D eigenvalue weighted by Crippen LogP contribution is 2.27. The van der Waals surface area contributed by atoms with E-state index in [1.54, 1.807) is 38.1 Å². The van der Waals surface area contributed by atoms with Gasteiger partial charge in [-0.05, 0) is 48.2 Å². The second-order valence-electron chi connectivity index (χ2n) is 7.95. The molecule has 1 aliphatic rings. The first-order valence-electron chi connectivity index (χ1n) is 10.5. The van der Waals surface area contributed by atoms with Crippen molar-refractivity contribution in [2.24, 2.45) is 5.92 Å². The van der Waals surface area contributed by atoms with Crippen LogP contribution in [0.2, 0.25) is 0 Å². The Kier molecular flexibility index (Phi) is 7.39. The summed E-state index contributed by atoms with van der Waals surface area (Å²) in [5.41, 5.74) is 1.91. The van der Waals surface area contributed by atoms with Crippen LogP contribution < -0.4 is 14.8 Å². The lowest BCUT2D eigenvalue weighted by atomic mass is 9.94. The Hall–Kier alpha value is -3.22. The number of likely N-dealkylation sites (tertiary alicyclic amines) is 1. The largest absolute Gasteiger partial charge is 0.497 e. The molecule has 1 N–H and O–H groups in total. The van der Waals surface area contributed by atoms with Gasteiger partial charge in [-0.15, -0.1) is 0 Å². The fraction of sp³-hybridized carbons (Fsp3) is 0.417. The second kappa shape index (κ2) is 10.2. The summed E-state index contributed by atoms with van der Waals surface area (Å²) in [6.07, 6.45) is 1.58. The van der Waals surface area contributed by atoms with Gasteiger partial charge in [-0.3, -0.25) is 4.79 Å². The molecule has 0 unspecified atom stereocenters. The molecule has 7 nitrogen and oxygen atoms in total. The zero-order valence-electron chi connectivity index (χ0n) is 18.6. The predicted molar refractivity (Wildman–Crippen MR) is 119 cm³/mol. The minimum atomic E-state index is -0.316. The third-order valence-corrected chi connectivity index (χ3v) is 5.63. The summed E-state index contributed by atoms with van der Waals surface area (Å²) < 4.78 is 10.5. The monoisotopic (exact) mass is 425 g/mol. The molecule has 31 heavy (non-hydrogen) atoms. The van der Waals surface area contributed by atoms with Gasteiger partial charge in [0.15, 0.2) is 0 Å². The lowest BCUT2D eigenvalue weighted by molar-refractivity contribution is -0.126. The predicted octanol–water partition coefficient (Wildman–Crippen LogP) is 3.30. The smallest absolute Gasteiger partial charge is 0.319 e. The van der Waals surface area contributed by atoms with Crippen molar-refractivity contribution in [3.8, 4) is 11.5 Å². The average molecular weight is 426 g/mol. The van der Waals surface area contributed by atoms with Crippen molar-refractivity contribution in [3.05, 3.63) is 59.7 Å². The van der Waals surface area contributed by atoms with E-state index in [4.69, 9.17) is 9.47 Å². The van der Waals surface area contributed by atoms with Crippen molar-refractivity contribution in [2.45, 2.75) is 18.9 Å². The molecular formula is C24H31N3O4. The summed E-state index contributed by atoms with van der Waals surface area (Å²) in [5, 5.41) is 3.21. The van der Waals surface area contributed by atoms with Crippen LogP contribution in [0.5, 0.6) is 11.5 Å². The number of benzene rings is 2. The summed E-state index contributed by atoms with van der Waals surface area (Å²) in [5.74, 6) is 1.23. The molecule has 166 valence electrons. The van der Waals surface area contributed by atoms with E-state index in [0.717, 1.165) is 35.5 Å². The van der Waals surface area contributed by atoms with Crippen LogP contribution in [0.25, 0.3) is 0 Å². The molecule has 3 rings (SSSR count). The highest BCUT2D eigenvalue weighted by atomic mass is 16.5. The minimum Gasteiger partial charge on any atom is -0.497 e. The van der Waals surface area contributed by atoms with Crippen molar-refractivity contribution in [2.75, 3.05) is 41.4 Å². The van der Waals surface area contributed by atoms with Crippen LogP contribution in [0, 0.1) is 5.92 Å². The fourth-order valence-corrected chi connectivity index (χ4v) is 3.86. The van der Waals surface area contributed by atoms with Crippen molar-refractivity contribution < 1.29 is 19.1 Å². The highest BCUT2D eigenvalue weighted by Gasteiger charge is 2.30. The molecule has 1 atom stereocenters. The Balaban J connectivity index is 1.81. The molecule has 0 bridgehead atoms. The maximum atomic E-state index is 13.2. The Morgan fingerprint density at radius 2 is 1.48 bits per heavy atom. The summed E-state index contributed by atoms with van der Waals surface area (Å²) in [4.78, 5) is 28.9. The number of methoxy groups -OCH3 is 2. The maximum Gasteiger partial charge on any atom is 0.319 e. The van der Waals surface area contributed by atoms with Gasteiger partial charge < -0.3 is 24.6 Å². The average Bonchev–Trinajstić information content (AvgIpc) is 2.82. The van der Waals surface area contributed by atoms with E-state index in [9.17, 15) is 9.59 Å². The van der Waals surface area contributed by atoms with Crippen molar-refractivity contribution >= 4 is 11.9 Å². The third-order valence-electron chi connectivity index (χ3n) is 5.63. The number of ether oxygens (including phenoxy) is 2. The van der Waals surface area contributed by atoms with Gasteiger partial charge in [0.2, 0.25) is 5.91 Å². The van der Waals surface area contributed by atoms with Crippen LogP contribution in [0.4, 0.5) is 4.79 Å². The molecule has 0 saturated carbocycles. The van der Waals surface area contributed by atoms with E-state index in [1.807, 2.05) is 48.5 Å². The minimum absolute atomic E-state index is 0.0482. The molecule has 1 aliphatic heterocycles. The van der Waals surface area contributed by atoms with Crippen LogP contribution in [0.3, 0.4) is 0 Å². The third kappa shape index (κ3) is 5.48. The van der Waals surface area contributed by atoms with E-state index in [2.05, 4.69) is 5.32 Å². The van der Waals surface area contributed by atoms with Crippen LogP contribution in [0.1, 0.15) is 30.0 Å². The lowest BCUT2D eigenvalue weighted by Crippen LogP contribution is -2.49. The SMILES string of the molecule is COc1ccc(C(NC(=O)[C@H]2CCCN(C(=O)N(C)C)C2)c2ccc(OC)cc2)cc1. The quantitative estimate of drug-likeness (QED) is 0.771. The number of amides is 3. The van der Waals surface area contributed by atoms with Gasteiger partial charge >= 0.3 is 6.03 Å². The first-order chi connectivity index (χ1) is 14.9. The molecule has 7 heteroatoms. The first kappa shape index (κ1) is 22.5. The highest BCUT2D eigenvalue weighted by molar-refractivity contribution is 5.81. The van der Waals surface area contributed by atoms with E-state index in [-0.39, 0.29) is 23.9 Å². The molecule has 0 spiro atoms. The second-order valence-corrected chi connectivity index (χ2v) is 7.95. The van der Waals surface area contributed by atoms with Crippen LogP contribution >= 0.6 is 0 Å². The molecule has 2 aromatic rings. The Bertz CT molecular complexity index is 833. The summed E-state index contributed by atoms with van der Waals surface area (Å²) in [6, 6.07) is 15.0. The van der Waals surface area contributed by atoms with Crippen LogP contribution in [0.15, 0.2) is 48.5 Å². The molecular weight excluding hydrogens is 394 g/mol. The summed E-state index contributed by atoms with van der Waals surface area (Å²) in [7, 11) is 6.72.